The summed E-state index contributed by atoms with van der Waals surface area (Å²) in [5.41, 5.74) is 4.85. The van der Waals surface area contributed by atoms with Crippen LogP contribution in [0.5, 0.6) is 0 Å². The van der Waals surface area contributed by atoms with Gasteiger partial charge in [0.1, 0.15) is 5.41 Å². The van der Waals surface area contributed by atoms with E-state index in [1.54, 1.807) is 4.90 Å². The minimum Gasteiger partial charge on any atom is -0.409 e. The van der Waals surface area contributed by atoms with Crippen LogP contribution in [0.15, 0.2) is 5.16 Å². The van der Waals surface area contributed by atoms with Gasteiger partial charge in [-0.3, -0.25) is 4.79 Å². The predicted octanol–water partition coefficient (Wildman–Crippen LogP) is -0.240. The first-order chi connectivity index (χ1) is 9.64. The van der Waals surface area contributed by atoms with E-state index in [0.29, 0.717) is 39.1 Å². The van der Waals surface area contributed by atoms with Crippen LogP contribution in [-0.4, -0.2) is 59.9 Å². The van der Waals surface area contributed by atoms with Crippen molar-refractivity contribution >= 4 is 11.7 Å². The van der Waals surface area contributed by atoms with Gasteiger partial charge in [0.25, 0.3) is 0 Å². The van der Waals surface area contributed by atoms with Crippen LogP contribution in [0, 0.1) is 11.3 Å². The van der Waals surface area contributed by atoms with Crippen LogP contribution in [0.25, 0.3) is 0 Å². The number of nitrogens with zero attached hydrogens (tertiary/aromatic N) is 2. The summed E-state index contributed by atoms with van der Waals surface area (Å²) in [5.74, 6) is -0.0111. The Bertz CT molecular complexity index is 380. The Kier molecular flexibility index (Phi) is 4.82. The normalized spacial score (nSPS) is 27.4. The number of likely N-dealkylation sites (tertiary alicyclic amines) is 1. The number of hydrogen-bond donors (Lipinski definition) is 3. The smallest absolute Gasteiger partial charge is 0.236 e. The summed E-state index contributed by atoms with van der Waals surface area (Å²) in [7, 11) is 0. The zero-order valence-electron chi connectivity index (χ0n) is 11.6. The standard InChI is InChI=1S/C13H23N3O4/c14-11(15-19)13(3-6-20-7-4-13)12(18)16-5-1-2-10(8-16)9-17/h10,17,19H,1-9H2,(H2,14,15). The number of carbonyl (C=O) groups excluding carboxylic acids is 1. The molecule has 7 heteroatoms. The van der Waals surface area contributed by atoms with E-state index in [1.807, 2.05) is 0 Å². The molecule has 0 aromatic carbocycles. The van der Waals surface area contributed by atoms with Gasteiger partial charge in [-0.1, -0.05) is 5.16 Å². The van der Waals surface area contributed by atoms with Gasteiger partial charge < -0.3 is 25.7 Å². The predicted molar refractivity (Wildman–Crippen MR) is 72.3 cm³/mol. The number of amides is 1. The number of hydrogen-bond acceptors (Lipinski definition) is 5. The lowest BCUT2D eigenvalue weighted by molar-refractivity contribution is -0.144. The van der Waals surface area contributed by atoms with E-state index in [-0.39, 0.29) is 24.3 Å². The molecule has 2 rings (SSSR count). The largest absolute Gasteiger partial charge is 0.409 e. The molecule has 7 nitrogen and oxygen atoms in total. The van der Waals surface area contributed by atoms with Gasteiger partial charge in [-0.05, 0) is 31.6 Å². The Morgan fingerprint density at radius 1 is 1.45 bits per heavy atom. The summed E-state index contributed by atoms with van der Waals surface area (Å²) in [6, 6.07) is 0. The van der Waals surface area contributed by atoms with E-state index < -0.39 is 5.41 Å². The third-order valence-electron chi connectivity index (χ3n) is 4.42. The first-order valence-electron chi connectivity index (χ1n) is 7.10. The summed E-state index contributed by atoms with van der Waals surface area (Å²) < 4.78 is 5.30. The zero-order valence-corrected chi connectivity index (χ0v) is 11.6. The van der Waals surface area contributed by atoms with Crippen molar-refractivity contribution in [1.82, 2.24) is 4.90 Å². The molecule has 0 bridgehead atoms. The molecule has 0 aromatic rings. The minimum atomic E-state index is -0.954. The van der Waals surface area contributed by atoms with Crippen LogP contribution in [0.3, 0.4) is 0 Å². The maximum absolute atomic E-state index is 12.9. The van der Waals surface area contributed by atoms with Crippen molar-refractivity contribution in [3.05, 3.63) is 0 Å². The molecule has 0 radical (unpaired) electrons. The molecule has 0 spiro atoms. The van der Waals surface area contributed by atoms with Crippen molar-refractivity contribution in [2.75, 3.05) is 32.9 Å². The highest BCUT2D eigenvalue weighted by molar-refractivity contribution is 6.06. The van der Waals surface area contributed by atoms with Gasteiger partial charge in [-0.25, -0.2) is 0 Å². The third-order valence-corrected chi connectivity index (χ3v) is 4.42. The second kappa shape index (κ2) is 6.41. The van der Waals surface area contributed by atoms with Crippen LogP contribution in [0.4, 0.5) is 0 Å². The van der Waals surface area contributed by atoms with Gasteiger partial charge in [0.2, 0.25) is 5.91 Å². The fourth-order valence-electron chi connectivity index (χ4n) is 3.10. The number of ether oxygens (including phenoxy) is 1. The van der Waals surface area contributed by atoms with Crippen molar-refractivity contribution in [1.29, 1.82) is 0 Å². The number of carbonyl (C=O) groups is 1. The molecule has 4 N–H and O–H groups in total. The maximum atomic E-state index is 12.9. The highest BCUT2D eigenvalue weighted by atomic mass is 16.5. The quantitative estimate of drug-likeness (QED) is 0.287. The molecule has 0 aromatic heterocycles. The number of aliphatic hydroxyl groups is 1. The molecule has 0 aliphatic carbocycles. The molecule has 0 saturated carbocycles. The van der Waals surface area contributed by atoms with Crippen LogP contribution in [0.2, 0.25) is 0 Å². The van der Waals surface area contributed by atoms with E-state index in [4.69, 9.17) is 15.7 Å². The minimum absolute atomic E-state index is 0.0306. The first kappa shape index (κ1) is 15.1. The number of rotatable bonds is 3. The van der Waals surface area contributed by atoms with Crippen molar-refractivity contribution < 1.29 is 19.8 Å². The van der Waals surface area contributed by atoms with Crippen molar-refractivity contribution in [3.63, 3.8) is 0 Å². The molecule has 2 heterocycles. The highest BCUT2D eigenvalue weighted by Crippen LogP contribution is 2.34. The van der Waals surface area contributed by atoms with Gasteiger partial charge in [-0.2, -0.15) is 0 Å². The van der Waals surface area contributed by atoms with Crippen molar-refractivity contribution in [2.45, 2.75) is 25.7 Å². The monoisotopic (exact) mass is 285 g/mol. The molecule has 20 heavy (non-hydrogen) atoms. The number of piperidine rings is 1. The number of amidine groups is 1. The number of nitrogens with two attached hydrogens (primary N) is 1. The van der Waals surface area contributed by atoms with Gasteiger partial charge in [-0.15, -0.1) is 0 Å². The lowest BCUT2D eigenvalue weighted by Crippen LogP contribution is -2.56. The van der Waals surface area contributed by atoms with E-state index >= 15 is 0 Å². The Hall–Kier alpha value is -1.34. The Balaban J connectivity index is 2.18. The topological polar surface area (TPSA) is 108 Å². The van der Waals surface area contributed by atoms with E-state index in [2.05, 4.69) is 5.16 Å². The van der Waals surface area contributed by atoms with Crippen LogP contribution >= 0.6 is 0 Å². The average Bonchev–Trinajstić information content (AvgIpc) is 2.54. The number of oxime groups is 1. The molecular weight excluding hydrogens is 262 g/mol. The first-order valence-corrected chi connectivity index (χ1v) is 7.10. The van der Waals surface area contributed by atoms with Crippen LogP contribution in [-0.2, 0) is 9.53 Å². The lowest BCUT2D eigenvalue weighted by atomic mass is 9.77. The molecule has 114 valence electrons. The molecule has 2 fully saturated rings. The summed E-state index contributed by atoms with van der Waals surface area (Å²) in [6.07, 6.45) is 2.67. The summed E-state index contributed by atoms with van der Waals surface area (Å²) in [6.45, 7) is 2.15. The molecule has 1 atom stereocenters. The third kappa shape index (κ3) is 2.73. The van der Waals surface area contributed by atoms with E-state index in [0.717, 1.165) is 12.8 Å². The van der Waals surface area contributed by atoms with Crippen molar-refractivity contribution in [3.8, 4) is 0 Å². The van der Waals surface area contributed by atoms with Gasteiger partial charge in [0, 0.05) is 32.9 Å². The van der Waals surface area contributed by atoms with Gasteiger partial charge in [0.05, 0.1) is 0 Å². The van der Waals surface area contributed by atoms with E-state index in [1.165, 1.54) is 0 Å². The fraction of sp³-hybridized carbons (Fsp3) is 0.846. The van der Waals surface area contributed by atoms with Crippen molar-refractivity contribution in [2.24, 2.45) is 22.2 Å². The van der Waals surface area contributed by atoms with Gasteiger partial charge >= 0.3 is 0 Å². The van der Waals surface area contributed by atoms with Crippen LogP contribution in [0.1, 0.15) is 25.7 Å². The highest BCUT2D eigenvalue weighted by Gasteiger charge is 2.47. The molecule has 1 amide bonds. The second-order valence-corrected chi connectivity index (χ2v) is 5.62. The second-order valence-electron chi connectivity index (χ2n) is 5.62. The number of aliphatic hydroxyl groups excluding tert-OH is 1. The van der Waals surface area contributed by atoms with Crippen LogP contribution < -0.4 is 5.73 Å². The molecule has 1 unspecified atom stereocenters. The average molecular weight is 285 g/mol. The Morgan fingerprint density at radius 3 is 2.75 bits per heavy atom. The summed E-state index contributed by atoms with van der Waals surface area (Å²) in [5, 5.41) is 21.4. The maximum Gasteiger partial charge on any atom is 0.236 e. The summed E-state index contributed by atoms with van der Waals surface area (Å²) >= 11 is 0. The lowest BCUT2D eigenvalue weighted by Gasteiger charge is -2.41. The molecule has 2 saturated heterocycles. The van der Waals surface area contributed by atoms with E-state index in [9.17, 15) is 9.90 Å². The fourth-order valence-corrected chi connectivity index (χ4v) is 3.10. The Labute approximate surface area is 118 Å². The molecule has 2 aliphatic heterocycles. The molecular formula is C13H23N3O4. The Morgan fingerprint density at radius 2 is 2.15 bits per heavy atom. The van der Waals surface area contributed by atoms with Gasteiger partial charge in [0.15, 0.2) is 5.84 Å². The zero-order chi connectivity index (χ0) is 14.6. The molecule has 2 aliphatic rings. The SMILES string of the molecule is NC(=NO)C1(C(=O)N2CCCC(CO)C2)CCOCC1. The summed E-state index contributed by atoms with van der Waals surface area (Å²) in [4.78, 5) is 14.6.